The lowest BCUT2D eigenvalue weighted by atomic mass is 9.93. The number of unbranched alkanes of at least 4 members (excludes halogenated alkanes) is 2. The standard InChI is InChI=1S/C14H28O2/c1-4-7-10-13(5-2)11-8-9-12-14(15)16-6-3/h13H,4-12H2,1-3H3. The van der Waals surface area contributed by atoms with Crippen LogP contribution < -0.4 is 0 Å². The normalized spacial score (nSPS) is 12.4. The van der Waals surface area contributed by atoms with Crippen LogP contribution in [0.2, 0.25) is 0 Å². The van der Waals surface area contributed by atoms with Crippen LogP contribution >= 0.6 is 0 Å². The van der Waals surface area contributed by atoms with E-state index in [1.807, 2.05) is 6.92 Å². The Morgan fingerprint density at radius 1 is 1.06 bits per heavy atom. The van der Waals surface area contributed by atoms with E-state index in [0.29, 0.717) is 13.0 Å². The van der Waals surface area contributed by atoms with Crippen molar-refractivity contribution in [2.24, 2.45) is 5.92 Å². The molecule has 1 atom stereocenters. The maximum atomic E-state index is 11.1. The molecular formula is C14H28O2. The summed E-state index contributed by atoms with van der Waals surface area (Å²) in [6.45, 7) is 6.88. The summed E-state index contributed by atoms with van der Waals surface area (Å²) in [5.41, 5.74) is 0. The van der Waals surface area contributed by atoms with E-state index in [4.69, 9.17) is 4.74 Å². The van der Waals surface area contributed by atoms with E-state index in [0.717, 1.165) is 12.3 Å². The summed E-state index contributed by atoms with van der Waals surface area (Å²) in [5, 5.41) is 0. The molecule has 0 aromatic carbocycles. The van der Waals surface area contributed by atoms with Gasteiger partial charge in [-0.05, 0) is 19.3 Å². The van der Waals surface area contributed by atoms with Crippen molar-refractivity contribution in [2.75, 3.05) is 6.61 Å². The van der Waals surface area contributed by atoms with Crippen LogP contribution in [0.4, 0.5) is 0 Å². The number of carbonyl (C=O) groups excluding carboxylic acids is 1. The summed E-state index contributed by atoms with van der Waals surface area (Å²) in [6.07, 6.45) is 9.29. The van der Waals surface area contributed by atoms with E-state index >= 15 is 0 Å². The molecule has 0 spiro atoms. The summed E-state index contributed by atoms with van der Waals surface area (Å²) in [6, 6.07) is 0. The number of hydrogen-bond donors (Lipinski definition) is 0. The van der Waals surface area contributed by atoms with Gasteiger partial charge in [-0.15, -0.1) is 0 Å². The molecule has 0 bridgehead atoms. The SMILES string of the molecule is CCCCC(CC)CCCCC(=O)OCC. The molecule has 0 heterocycles. The Labute approximate surface area is 101 Å². The van der Waals surface area contributed by atoms with E-state index in [1.165, 1.54) is 38.5 Å². The van der Waals surface area contributed by atoms with Gasteiger partial charge in [0, 0.05) is 6.42 Å². The summed E-state index contributed by atoms with van der Waals surface area (Å²) >= 11 is 0. The predicted octanol–water partition coefficient (Wildman–Crippen LogP) is 4.33. The Hall–Kier alpha value is -0.530. The molecule has 1 unspecified atom stereocenters. The smallest absolute Gasteiger partial charge is 0.305 e. The van der Waals surface area contributed by atoms with Crippen LogP contribution in [0.5, 0.6) is 0 Å². The minimum absolute atomic E-state index is 0.0379. The molecule has 0 fully saturated rings. The first-order valence-electron chi connectivity index (χ1n) is 6.90. The molecule has 0 rings (SSSR count). The van der Waals surface area contributed by atoms with Gasteiger partial charge in [0.2, 0.25) is 0 Å². The molecule has 0 saturated carbocycles. The highest BCUT2D eigenvalue weighted by Gasteiger charge is 2.06. The Bertz CT molecular complexity index is 166. The monoisotopic (exact) mass is 228 g/mol. The van der Waals surface area contributed by atoms with Crippen LogP contribution in [0.25, 0.3) is 0 Å². The average molecular weight is 228 g/mol. The van der Waals surface area contributed by atoms with Gasteiger partial charge in [0.05, 0.1) is 6.61 Å². The van der Waals surface area contributed by atoms with Gasteiger partial charge in [-0.2, -0.15) is 0 Å². The maximum absolute atomic E-state index is 11.1. The topological polar surface area (TPSA) is 26.3 Å². The molecule has 16 heavy (non-hydrogen) atoms. The fraction of sp³-hybridized carbons (Fsp3) is 0.929. The van der Waals surface area contributed by atoms with Crippen molar-refractivity contribution in [1.82, 2.24) is 0 Å². The lowest BCUT2D eigenvalue weighted by Gasteiger charge is -2.13. The van der Waals surface area contributed by atoms with Crippen molar-refractivity contribution >= 4 is 5.97 Å². The second-order valence-corrected chi connectivity index (χ2v) is 4.47. The third kappa shape index (κ3) is 8.75. The largest absolute Gasteiger partial charge is 0.466 e. The summed E-state index contributed by atoms with van der Waals surface area (Å²) in [4.78, 5) is 11.1. The summed E-state index contributed by atoms with van der Waals surface area (Å²) < 4.78 is 4.90. The minimum atomic E-state index is -0.0379. The molecule has 0 aliphatic heterocycles. The Morgan fingerprint density at radius 3 is 2.31 bits per heavy atom. The third-order valence-electron chi connectivity index (χ3n) is 3.09. The van der Waals surface area contributed by atoms with Crippen molar-refractivity contribution in [3.05, 3.63) is 0 Å². The quantitative estimate of drug-likeness (QED) is 0.411. The zero-order valence-corrected chi connectivity index (χ0v) is 11.3. The second-order valence-electron chi connectivity index (χ2n) is 4.47. The fourth-order valence-electron chi connectivity index (χ4n) is 1.98. The van der Waals surface area contributed by atoms with Crippen molar-refractivity contribution in [3.63, 3.8) is 0 Å². The predicted molar refractivity (Wildman–Crippen MR) is 68.4 cm³/mol. The Kier molecular flexibility index (Phi) is 10.6. The molecule has 2 heteroatoms. The van der Waals surface area contributed by atoms with Gasteiger partial charge in [0.25, 0.3) is 0 Å². The van der Waals surface area contributed by atoms with Crippen molar-refractivity contribution in [1.29, 1.82) is 0 Å². The zero-order valence-electron chi connectivity index (χ0n) is 11.3. The van der Waals surface area contributed by atoms with Crippen molar-refractivity contribution in [3.8, 4) is 0 Å². The number of hydrogen-bond acceptors (Lipinski definition) is 2. The zero-order chi connectivity index (χ0) is 12.2. The highest BCUT2D eigenvalue weighted by atomic mass is 16.5. The molecule has 0 aliphatic carbocycles. The summed E-state index contributed by atoms with van der Waals surface area (Å²) in [5.74, 6) is 0.825. The van der Waals surface area contributed by atoms with E-state index in [1.54, 1.807) is 0 Å². The fourth-order valence-corrected chi connectivity index (χ4v) is 1.98. The van der Waals surface area contributed by atoms with Gasteiger partial charge in [-0.25, -0.2) is 0 Å². The summed E-state index contributed by atoms with van der Waals surface area (Å²) in [7, 11) is 0. The lowest BCUT2D eigenvalue weighted by Crippen LogP contribution is -2.04. The van der Waals surface area contributed by atoms with E-state index in [9.17, 15) is 4.79 Å². The second kappa shape index (κ2) is 11.0. The number of carbonyl (C=O) groups is 1. The van der Waals surface area contributed by atoms with Crippen molar-refractivity contribution in [2.45, 2.75) is 72.1 Å². The number of rotatable bonds is 10. The molecule has 0 saturated heterocycles. The third-order valence-corrected chi connectivity index (χ3v) is 3.09. The number of esters is 1. The van der Waals surface area contributed by atoms with E-state index in [-0.39, 0.29) is 5.97 Å². The van der Waals surface area contributed by atoms with E-state index in [2.05, 4.69) is 13.8 Å². The molecule has 0 N–H and O–H groups in total. The Morgan fingerprint density at radius 2 is 1.75 bits per heavy atom. The van der Waals surface area contributed by atoms with Gasteiger partial charge in [-0.1, -0.05) is 52.4 Å². The lowest BCUT2D eigenvalue weighted by molar-refractivity contribution is -0.143. The minimum Gasteiger partial charge on any atom is -0.466 e. The van der Waals surface area contributed by atoms with Gasteiger partial charge in [0.1, 0.15) is 0 Å². The van der Waals surface area contributed by atoms with Gasteiger partial charge < -0.3 is 4.74 Å². The molecule has 0 aromatic heterocycles. The van der Waals surface area contributed by atoms with Gasteiger partial charge in [-0.3, -0.25) is 4.79 Å². The molecular weight excluding hydrogens is 200 g/mol. The first-order valence-corrected chi connectivity index (χ1v) is 6.90. The van der Waals surface area contributed by atoms with E-state index < -0.39 is 0 Å². The van der Waals surface area contributed by atoms with Crippen LogP contribution in [0.15, 0.2) is 0 Å². The molecule has 0 aromatic rings. The van der Waals surface area contributed by atoms with Crippen LogP contribution in [0.1, 0.15) is 72.1 Å². The Balaban J connectivity index is 3.43. The first kappa shape index (κ1) is 15.5. The first-order chi connectivity index (χ1) is 7.74. The van der Waals surface area contributed by atoms with Crippen LogP contribution in [0, 0.1) is 5.92 Å². The van der Waals surface area contributed by atoms with Crippen LogP contribution in [-0.2, 0) is 9.53 Å². The average Bonchev–Trinajstić information content (AvgIpc) is 2.28. The van der Waals surface area contributed by atoms with Crippen LogP contribution in [-0.4, -0.2) is 12.6 Å². The highest BCUT2D eigenvalue weighted by Crippen LogP contribution is 2.19. The van der Waals surface area contributed by atoms with Gasteiger partial charge >= 0.3 is 5.97 Å². The molecule has 96 valence electrons. The maximum Gasteiger partial charge on any atom is 0.305 e. The molecule has 0 radical (unpaired) electrons. The molecule has 0 aliphatic rings. The highest BCUT2D eigenvalue weighted by molar-refractivity contribution is 5.69. The van der Waals surface area contributed by atoms with Crippen molar-refractivity contribution < 1.29 is 9.53 Å². The molecule has 2 nitrogen and oxygen atoms in total. The number of ether oxygens (including phenoxy) is 1. The molecule has 0 amide bonds. The van der Waals surface area contributed by atoms with Gasteiger partial charge in [0.15, 0.2) is 0 Å². The van der Waals surface area contributed by atoms with Crippen LogP contribution in [0.3, 0.4) is 0 Å².